The highest BCUT2D eigenvalue weighted by Crippen LogP contribution is 2.35. The van der Waals surface area contributed by atoms with Crippen molar-refractivity contribution in [2.75, 3.05) is 26.3 Å². The Kier molecular flexibility index (Phi) is 6.82. The monoisotopic (exact) mass is 375 g/mol. The maximum atomic E-state index is 10.6. The Hall–Kier alpha value is -1.87. The number of carboxylic acids is 1. The molecule has 2 aliphatic rings. The lowest BCUT2D eigenvalue weighted by atomic mass is 10.0. The van der Waals surface area contributed by atoms with Crippen molar-refractivity contribution in [3.8, 4) is 0 Å². The third-order valence-electron chi connectivity index (χ3n) is 4.40. The highest BCUT2D eigenvalue weighted by Gasteiger charge is 2.38. The number of halogens is 3. The molecule has 9 heteroatoms. The molecule has 1 aliphatic heterocycles. The van der Waals surface area contributed by atoms with Crippen molar-refractivity contribution in [3.63, 3.8) is 0 Å². The molecule has 1 N–H and O–H groups in total. The van der Waals surface area contributed by atoms with Gasteiger partial charge in [-0.1, -0.05) is 6.08 Å². The molecule has 146 valence electrons. The number of aliphatic carboxylic acids is 1. The molecule has 1 fully saturated rings. The first-order chi connectivity index (χ1) is 12.2. The standard InChI is InChI=1S/C15H23N3O.C2HF3O2/c1-3-8-19-10-14-15-13(16-11-17(15)2)6-7-18(14)9-12-4-5-12;3-2(4,5)1(6)7/h3,11-12,14H,1,4-10H2,2H3;(H,6,7). The summed E-state index contributed by atoms with van der Waals surface area (Å²) in [5.74, 6) is -1.84. The van der Waals surface area contributed by atoms with Crippen molar-refractivity contribution < 1.29 is 27.8 Å². The van der Waals surface area contributed by atoms with Gasteiger partial charge in [0.25, 0.3) is 0 Å². The Morgan fingerprint density at radius 2 is 2.15 bits per heavy atom. The van der Waals surface area contributed by atoms with Crippen molar-refractivity contribution in [2.45, 2.75) is 31.5 Å². The van der Waals surface area contributed by atoms with Crippen LogP contribution in [-0.2, 0) is 23.0 Å². The quantitative estimate of drug-likeness (QED) is 0.611. The van der Waals surface area contributed by atoms with Gasteiger partial charge in [-0.3, -0.25) is 4.90 Å². The molecule has 0 spiro atoms. The number of aryl methyl sites for hydroxylation is 1. The minimum atomic E-state index is -5.08. The van der Waals surface area contributed by atoms with Gasteiger partial charge in [0.05, 0.1) is 37.0 Å². The van der Waals surface area contributed by atoms with Gasteiger partial charge in [0, 0.05) is 26.6 Å². The van der Waals surface area contributed by atoms with Crippen LogP contribution in [0, 0.1) is 5.92 Å². The Balaban J connectivity index is 0.000000298. The highest BCUT2D eigenvalue weighted by atomic mass is 19.4. The summed E-state index contributed by atoms with van der Waals surface area (Å²) in [5, 5.41) is 7.12. The molecule has 0 amide bonds. The number of carboxylic acid groups (broad SMARTS) is 1. The molecule has 1 atom stereocenters. The number of aromatic nitrogens is 2. The molecule has 0 radical (unpaired) electrons. The van der Waals surface area contributed by atoms with E-state index < -0.39 is 12.1 Å². The van der Waals surface area contributed by atoms with Crippen LogP contribution >= 0.6 is 0 Å². The predicted molar refractivity (Wildman–Crippen MR) is 88.7 cm³/mol. The van der Waals surface area contributed by atoms with E-state index in [1.54, 1.807) is 0 Å². The minimum Gasteiger partial charge on any atom is -0.475 e. The molecule has 1 saturated carbocycles. The number of alkyl halides is 3. The average Bonchev–Trinajstić information content (AvgIpc) is 3.30. The molecule has 26 heavy (non-hydrogen) atoms. The first kappa shape index (κ1) is 20.4. The Labute approximate surface area is 150 Å². The predicted octanol–water partition coefficient (Wildman–Crippen LogP) is 2.57. The van der Waals surface area contributed by atoms with Crippen molar-refractivity contribution in [3.05, 3.63) is 30.4 Å². The van der Waals surface area contributed by atoms with Crippen LogP contribution in [0.5, 0.6) is 0 Å². The molecule has 6 nitrogen and oxygen atoms in total. The minimum absolute atomic E-state index is 0.358. The SMILES string of the molecule is C=CCOCC1c2c(ncn2C)CCN1CC1CC1.O=C(O)C(F)(F)F. The average molecular weight is 375 g/mol. The number of fused-ring (bicyclic) bond motifs is 1. The highest BCUT2D eigenvalue weighted by molar-refractivity contribution is 5.73. The number of hydrogen-bond acceptors (Lipinski definition) is 4. The Morgan fingerprint density at radius 1 is 1.50 bits per heavy atom. The van der Waals surface area contributed by atoms with Crippen molar-refractivity contribution in [2.24, 2.45) is 13.0 Å². The fraction of sp³-hybridized carbons (Fsp3) is 0.647. The van der Waals surface area contributed by atoms with Gasteiger partial charge in [-0.25, -0.2) is 9.78 Å². The van der Waals surface area contributed by atoms with E-state index in [2.05, 4.69) is 28.1 Å². The van der Waals surface area contributed by atoms with Gasteiger partial charge in [0.1, 0.15) is 0 Å². The van der Waals surface area contributed by atoms with Crippen molar-refractivity contribution in [1.29, 1.82) is 0 Å². The fourth-order valence-electron chi connectivity index (χ4n) is 2.98. The maximum absolute atomic E-state index is 10.6. The number of carbonyl (C=O) groups is 1. The van der Waals surface area contributed by atoms with Gasteiger partial charge >= 0.3 is 12.1 Å². The zero-order chi connectivity index (χ0) is 19.3. The van der Waals surface area contributed by atoms with E-state index in [-0.39, 0.29) is 0 Å². The third-order valence-corrected chi connectivity index (χ3v) is 4.40. The number of ether oxygens (including phenoxy) is 1. The van der Waals surface area contributed by atoms with Gasteiger partial charge in [0.15, 0.2) is 0 Å². The van der Waals surface area contributed by atoms with Gasteiger partial charge in [0.2, 0.25) is 0 Å². The maximum Gasteiger partial charge on any atom is 0.490 e. The molecule has 1 aromatic rings. The van der Waals surface area contributed by atoms with E-state index >= 15 is 0 Å². The second kappa shape index (κ2) is 8.68. The summed E-state index contributed by atoms with van der Waals surface area (Å²) in [6, 6.07) is 0.358. The van der Waals surface area contributed by atoms with E-state index in [1.165, 1.54) is 30.8 Å². The van der Waals surface area contributed by atoms with Crippen LogP contribution in [0.3, 0.4) is 0 Å². The Morgan fingerprint density at radius 3 is 2.69 bits per heavy atom. The summed E-state index contributed by atoms with van der Waals surface area (Å²) in [7, 11) is 2.09. The lowest BCUT2D eigenvalue weighted by Crippen LogP contribution is -2.40. The molecule has 0 bridgehead atoms. The summed E-state index contributed by atoms with van der Waals surface area (Å²) in [6.45, 7) is 7.41. The molecule has 1 aromatic heterocycles. The summed E-state index contributed by atoms with van der Waals surface area (Å²) in [4.78, 5) is 16.0. The van der Waals surface area contributed by atoms with Gasteiger partial charge in [-0.05, 0) is 18.8 Å². The van der Waals surface area contributed by atoms with Crippen molar-refractivity contribution >= 4 is 5.97 Å². The molecule has 0 saturated heterocycles. The molecule has 3 rings (SSSR count). The van der Waals surface area contributed by atoms with E-state index in [0.29, 0.717) is 12.6 Å². The lowest BCUT2D eigenvalue weighted by Gasteiger charge is -2.35. The number of hydrogen-bond donors (Lipinski definition) is 1. The number of rotatable bonds is 6. The van der Waals surface area contributed by atoms with Gasteiger partial charge in [-0.15, -0.1) is 6.58 Å². The molecular weight excluding hydrogens is 351 g/mol. The third kappa shape index (κ3) is 5.57. The van der Waals surface area contributed by atoms with E-state index in [9.17, 15) is 13.2 Å². The molecule has 0 aromatic carbocycles. The van der Waals surface area contributed by atoms with Gasteiger partial charge < -0.3 is 14.4 Å². The summed E-state index contributed by atoms with van der Waals surface area (Å²) in [5.41, 5.74) is 2.60. The van der Waals surface area contributed by atoms with E-state index in [1.807, 2.05) is 12.4 Å². The van der Waals surface area contributed by atoms with Crippen LogP contribution in [0.1, 0.15) is 30.3 Å². The van der Waals surface area contributed by atoms with Crippen LogP contribution < -0.4 is 0 Å². The zero-order valence-electron chi connectivity index (χ0n) is 14.7. The van der Waals surface area contributed by atoms with E-state index in [4.69, 9.17) is 14.6 Å². The number of imidazole rings is 1. The topological polar surface area (TPSA) is 67.6 Å². The van der Waals surface area contributed by atoms with Crippen molar-refractivity contribution in [1.82, 2.24) is 14.5 Å². The van der Waals surface area contributed by atoms with Gasteiger partial charge in [-0.2, -0.15) is 13.2 Å². The summed E-state index contributed by atoms with van der Waals surface area (Å²) >= 11 is 0. The van der Waals surface area contributed by atoms with Crippen LogP contribution in [0.25, 0.3) is 0 Å². The summed E-state index contributed by atoms with van der Waals surface area (Å²) in [6.07, 6.45) is 2.54. The lowest BCUT2D eigenvalue weighted by molar-refractivity contribution is -0.192. The normalized spacial score (nSPS) is 20.1. The first-order valence-electron chi connectivity index (χ1n) is 8.47. The zero-order valence-corrected chi connectivity index (χ0v) is 14.7. The first-order valence-corrected chi connectivity index (χ1v) is 8.47. The molecule has 1 aliphatic carbocycles. The fourth-order valence-corrected chi connectivity index (χ4v) is 2.98. The van der Waals surface area contributed by atoms with E-state index in [0.717, 1.165) is 25.5 Å². The molecule has 1 unspecified atom stereocenters. The Bertz CT molecular complexity index is 627. The second-order valence-electron chi connectivity index (χ2n) is 6.52. The largest absolute Gasteiger partial charge is 0.490 e. The second-order valence-corrected chi connectivity index (χ2v) is 6.52. The van der Waals surface area contributed by atoms with Crippen LogP contribution in [0.2, 0.25) is 0 Å². The summed E-state index contributed by atoms with van der Waals surface area (Å²) < 4.78 is 39.6. The molecular formula is C17H24F3N3O3. The van der Waals surface area contributed by atoms with Crippen LogP contribution in [-0.4, -0.2) is 58.0 Å². The smallest absolute Gasteiger partial charge is 0.475 e. The van der Waals surface area contributed by atoms with Crippen LogP contribution in [0.4, 0.5) is 13.2 Å². The number of nitrogens with zero attached hydrogens (tertiary/aromatic N) is 3. The van der Waals surface area contributed by atoms with Crippen LogP contribution in [0.15, 0.2) is 19.0 Å². The molecule has 2 heterocycles.